The highest BCUT2D eigenvalue weighted by molar-refractivity contribution is 6.32. The van der Waals surface area contributed by atoms with E-state index in [1.807, 2.05) is 0 Å². The van der Waals surface area contributed by atoms with Crippen molar-refractivity contribution in [1.82, 2.24) is 0 Å². The Hall–Kier alpha value is -0.200. The molecule has 0 amide bonds. The SMILES string of the molecule is [2H]c1c([2H])c(C([2H])([2H])Cl)c(Cl)c([2H])c1C([2H])([2H])[2H]. The van der Waals surface area contributed by atoms with Crippen molar-refractivity contribution in [3.8, 4) is 0 Å². The molecule has 0 aliphatic rings. The summed E-state index contributed by atoms with van der Waals surface area (Å²) in [5.41, 5.74) is -1.24. The Balaban J connectivity index is 3.79. The Labute approximate surface area is 82.0 Å². The summed E-state index contributed by atoms with van der Waals surface area (Å²) in [5, 5.41) is -0.554. The molecule has 54 valence electrons. The molecule has 1 aromatic carbocycles. The van der Waals surface area contributed by atoms with Gasteiger partial charge < -0.3 is 0 Å². The smallest absolute Gasteiger partial charge is 0.0641 e. The van der Waals surface area contributed by atoms with Crippen molar-refractivity contribution in [1.29, 1.82) is 0 Å². The van der Waals surface area contributed by atoms with Gasteiger partial charge in [0.25, 0.3) is 0 Å². The quantitative estimate of drug-likeness (QED) is 0.585. The van der Waals surface area contributed by atoms with Crippen LogP contribution in [0.15, 0.2) is 18.1 Å². The molecule has 10 heavy (non-hydrogen) atoms. The van der Waals surface area contributed by atoms with E-state index in [-0.39, 0.29) is 0 Å². The summed E-state index contributed by atoms with van der Waals surface area (Å²) in [6.45, 7) is -2.77. The summed E-state index contributed by atoms with van der Waals surface area (Å²) in [5.74, 6) is -2.55. The van der Waals surface area contributed by atoms with Gasteiger partial charge in [-0.25, -0.2) is 0 Å². The number of halogens is 2. The van der Waals surface area contributed by atoms with Crippen LogP contribution in [0.3, 0.4) is 0 Å². The van der Waals surface area contributed by atoms with E-state index in [0.717, 1.165) is 0 Å². The van der Waals surface area contributed by atoms with E-state index in [0.29, 0.717) is 0 Å². The molecule has 0 aliphatic heterocycles. The first-order chi connectivity index (χ1) is 7.89. The monoisotopic (exact) mass is 182 g/mol. The highest BCUT2D eigenvalue weighted by atomic mass is 35.5. The van der Waals surface area contributed by atoms with Gasteiger partial charge in [0.05, 0.1) is 4.11 Å². The van der Waals surface area contributed by atoms with E-state index in [9.17, 15) is 0 Å². The van der Waals surface area contributed by atoms with Crippen LogP contribution in [0, 0.1) is 6.85 Å². The van der Waals surface area contributed by atoms with Gasteiger partial charge in [-0.2, -0.15) is 0 Å². The maximum Gasteiger partial charge on any atom is 0.0641 e. The fourth-order valence-corrected chi connectivity index (χ4v) is 0.828. The van der Waals surface area contributed by atoms with Gasteiger partial charge in [0.2, 0.25) is 0 Å². The summed E-state index contributed by atoms with van der Waals surface area (Å²) < 4.78 is 58.9. The highest BCUT2D eigenvalue weighted by Crippen LogP contribution is 2.18. The molecule has 0 fully saturated rings. The van der Waals surface area contributed by atoms with Gasteiger partial charge in [-0.1, -0.05) is 23.7 Å². The zero-order valence-electron chi connectivity index (χ0n) is 12.8. The summed E-state index contributed by atoms with van der Waals surface area (Å²) in [7, 11) is 0. The van der Waals surface area contributed by atoms with E-state index in [1.54, 1.807) is 0 Å². The van der Waals surface area contributed by atoms with Gasteiger partial charge in [-0.15, -0.1) is 11.6 Å². The van der Waals surface area contributed by atoms with Crippen LogP contribution in [0.1, 0.15) is 22.1 Å². The van der Waals surface area contributed by atoms with E-state index >= 15 is 0 Å². The zero-order valence-corrected chi connectivity index (χ0v) is 6.27. The summed E-state index contributed by atoms with van der Waals surface area (Å²) in [6.07, 6.45) is 0. The maximum atomic E-state index is 7.59. The standard InChI is InChI=1S/C8H8Cl2/c1-6-2-3-7(5-9)8(10)4-6/h2-4H,5H2,1H3/i1D3,2D,3D,4D,5D2. The second-order valence-electron chi connectivity index (χ2n) is 1.53. The van der Waals surface area contributed by atoms with Gasteiger partial charge in [0.1, 0.15) is 0 Å². The molecule has 0 nitrogen and oxygen atoms in total. The molecule has 0 N–H and O–H groups in total. The number of rotatable bonds is 1. The minimum Gasteiger partial charge on any atom is -0.121 e. The normalized spacial score (nSPS) is 24.2. The van der Waals surface area contributed by atoms with Gasteiger partial charge in [-0.3, -0.25) is 0 Å². The van der Waals surface area contributed by atoms with Crippen molar-refractivity contribution in [2.75, 3.05) is 0 Å². The number of alkyl halides is 1. The van der Waals surface area contributed by atoms with Crippen molar-refractivity contribution in [3.63, 3.8) is 0 Å². The summed E-state index contributed by atoms with van der Waals surface area (Å²) in [4.78, 5) is 0. The van der Waals surface area contributed by atoms with Gasteiger partial charge in [0, 0.05) is 17.7 Å². The third-order valence-electron chi connectivity index (χ3n) is 0.861. The lowest BCUT2D eigenvalue weighted by molar-refractivity contribution is 1.36. The fourth-order valence-electron chi connectivity index (χ4n) is 0.448. The van der Waals surface area contributed by atoms with E-state index in [1.165, 1.54) is 0 Å². The van der Waals surface area contributed by atoms with Crippen LogP contribution in [0.25, 0.3) is 0 Å². The molecule has 0 saturated carbocycles. The maximum absolute atomic E-state index is 7.59. The molecule has 0 aliphatic carbocycles. The van der Waals surface area contributed by atoms with Crippen LogP contribution >= 0.6 is 23.2 Å². The lowest BCUT2D eigenvalue weighted by atomic mass is 10.2. The molecule has 0 radical (unpaired) electrons. The average molecular weight is 183 g/mol. The molecular weight excluding hydrogens is 167 g/mol. The summed E-state index contributed by atoms with van der Waals surface area (Å²) >= 11 is 11.1. The Kier molecular flexibility index (Phi) is 0.783. The molecule has 1 aromatic rings. The topological polar surface area (TPSA) is 0 Å². The Bertz CT molecular complexity index is 413. The van der Waals surface area contributed by atoms with Crippen LogP contribution in [0.2, 0.25) is 5.02 Å². The molecule has 0 spiro atoms. The number of hydrogen-bond donors (Lipinski definition) is 0. The number of benzene rings is 1. The molecule has 0 bridgehead atoms. The molecule has 0 heterocycles. The Morgan fingerprint density at radius 2 is 2.60 bits per heavy atom. The van der Waals surface area contributed by atoms with E-state index in [2.05, 4.69) is 0 Å². The van der Waals surface area contributed by atoms with Gasteiger partial charge in [0.15, 0.2) is 0 Å². The first-order valence-electron chi connectivity index (χ1n) is 6.38. The molecule has 0 atom stereocenters. The minimum atomic E-state index is -2.77. The van der Waals surface area contributed by atoms with Crippen molar-refractivity contribution in [3.05, 3.63) is 34.3 Å². The second-order valence-corrected chi connectivity index (χ2v) is 2.10. The minimum absolute atomic E-state index is 0.554. The molecule has 0 aromatic heterocycles. The number of hydrogen-bond acceptors (Lipinski definition) is 0. The zero-order chi connectivity index (χ0) is 14.5. The molecular formula is C8H8Cl2. The van der Waals surface area contributed by atoms with Crippen LogP contribution < -0.4 is 0 Å². The first-order valence-corrected chi connectivity index (χ1v) is 3.13. The predicted octanol–water partition coefficient (Wildman–Crippen LogP) is 3.39. The van der Waals surface area contributed by atoms with Crippen molar-refractivity contribution < 1.29 is 11.0 Å². The van der Waals surface area contributed by atoms with E-state index < -0.39 is 47.0 Å². The molecule has 0 saturated heterocycles. The van der Waals surface area contributed by atoms with Gasteiger partial charge in [-0.05, 0) is 24.0 Å². The third-order valence-corrected chi connectivity index (χ3v) is 1.33. The Morgan fingerprint density at radius 1 is 1.80 bits per heavy atom. The van der Waals surface area contributed by atoms with Crippen LogP contribution in [0.4, 0.5) is 0 Å². The van der Waals surface area contributed by atoms with Crippen molar-refractivity contribution in [2.45, 2.75) is 12.7 Å². The van der Waals surface area contributed by atoms with Crippen LogP contribution in [-0.2, 0) is 5.83 Å². The largest absolute Gasteiger partial charge is 0.121 e. The van der Waals surface area contributed by atoms with Crippen LogP contribution in [0.5, 0.6) is 0 Å². The first kappa shape index (κ1) is 2.40. The molecule has 0 unspecified atom stereocenters. The second kappa shape index (κ2) is 3.27. The predicted molar refractivity (Wildman–Crippen MR) is 45.7 cm³/mol. The lowest BCUT2D eigenvalue weighted by Gasteiger charge is -1.99. The molecule has 1 rings (SSSR count). The average Bonchev–Trinajstić information content (AvgIpc) is 2.10. The molecule has 2 heteroatoms. The van der Waals surface area contributed by atoms with Gasteiger partial charge >= 0.3 is 0 Å². The lowest BCUT2D eigenvalue weighted by Crippen LogP contribution is -1.80. The fraction of sp³-hybridized carbons (Fsp3) is 0.250. The van der Waals surface area contributed by atoms with Crippen molar-refractivity contribution in [2.24, 2.45) is 0 Å². The van der Waals surface area contributed by atoms with E-state index in [4.69, 9.17) is 34.2 Å². The Morgan fingerprint density at radius 3 is 3.20 bits per heavy atom. The summed E-state index contributed by atoms with van der Waals surface area (Å²) in [6, 6.07) is -2.18. The highest BCUT2D eigenvalue weighted by Gasteiger charge is 1.96. The van der Waals surface area contributed by atoms with Crippen molar-refractivity contribution >= 4 is 23.2 Å². The third kappa shape index (κ3) is 1.65. The van der Waals surface area contributed by atoms with Crippen LogP contribution in [-0.4, -0.2) is 0 Å².